The number of Topliss-reactive ketones (excluding diaryl/α,β-unsaturated/α-hetero) is 2. The number of aromatic hydroxyl groups is 1. The van der Waals surface area contributed by atoms with Gasteiger partial charge in [0.15, 0.2) is 11.6 Å². The molecule has 2 aliphatic heterocycles. The summed E-state index contributed by atoms with van der Waals surface area (Å²) >= 11 is 6.39. The molecule has 4 amide bonds. The van der Waals surface area contributed by atoms with E-state index in [1.807, 2.05) is 6.08 Å². The van der Waals surface area contributed by atoms with Crippen molar-refractivity contribution in [3.8, 4) is 5.75 Å². The van der Waals surface area contributed by atoms with E-state index in [1.165, 1.54) is 30.9 Å². The SMILES string of the molecule is CC(=O)c1ccc(N2C(=O)C3CC=C4C(CC5C(=O)N(c6ccc(C(C)=O)cc6)C(=O)C5C4c4cc(Cl)ccc4O)C3C2=O)cc1. The predicted molar refractivity (Wildman–Crippen MR) is 169 cm³/mol. The molecule has 2 saturated heterocycles. The number of phenolic OH excluding ortho intramolecular Hbond substituents is 1. The van der Waals surface area contributed by atoms with Crippen LogP contribution in [0.3, 0.4) is 0 Å². The first-order valence-corrected chi connectivity index (χ1v) is 15.5. The lowest BCUT2D eigenvalue weighted by atomic mass is 9.57. The highest BCUT2D eigenvalue weighted by Crippen LogP contribution is 2.59. The number of rotatable bonds is 5. The fourth-order valence-electron chi connectivity index (χ4n) is 7.91. The van der Waals surface area contributed by atoms with E-state index in [9.17, 15) is 33.9 Å². The van der Waals surface area contributed by atoms with Crippen LogP contribution in [-0.4, -0.2) is 40.3 Å². The first kappa shape index (κ1) is 29.8. The third kappa shape index (κ3) is 4.44. The van der Waals surface area contributed by atoms with Gasteiger partial charge in [0.05, 0.1) is 35.0 Å². The maximum Gasteiger partial charge on any atom is 0.238 e. The van der Waals surface area contributed by atoms with Crippen molar-refractivity contribution in [2.45, 2.75) is 32.6 Å². The number of hydrogen-bond acceptors (Lipinski definition) is 7. The largest absolute Gasteiger partial charge is 0.508 e. The van der Waals surface area contributed by atoms with Crippen LogP contribution in [0.5, 0.6) is 5.75 Å². The van der Waals surface area contributed by atoms with E-state index in [0.717, 1.165) is 10.5 Å². The standard InChI is InChI=1S/C36H29ClN2O7/c1-17(40)19-3-8-22(9-4-19)38-33(43)25-13-12-24-26(31(25)35(38)45)16-28-32(30(24)27-15-21(37)7-14-29(27)42)36(46)39(34(28)44)23-10-5-20(6-11-23)18(2)41/h3-12,14-15,25-26,28,30-32,42H,13,16H2,1-2H3. The number of benzene rings is 3. The van der Waals surface area contributed by atoms with Crippen LogP contribution in [0.25, 0.3) is 0 Å². The second-order valence-electron chi connectivity index (χ2n) is 12.5. The van der Waals surface area contributed by atoms with E-state index in [1.54, 1.807) is 54.6 Å². The molecule has 0 radical (unpaired) electrons. The molecule has 1 saturated carbocycles. The van der Waals surface area contributed by atoms with Crippen molar-refractivity contribution in [2.24, 2.45) is 29.6 Å². The minimum Gasteiger partial charge on any atom is -0.508 e. The number of anilines is 2. The van der Waals surface area contributed by atoms with Gasteiger partial charge in [0.2, 0.25) is 23.6 Å². The van der Waals surface area contributed by atoms with E-state index >= 15 is 0 Å². The summed E-state index contributed by atoms with van der Waals surface area (Å²) in [4.78, 5) is 82.2. The van der Waals surface area contributed by atoms with E-state index in [-0.39, 0.29) is 36.1 Å². The van der Waals surface area contributed by atoms with Crippen LogP contribution < -0.4 is 9.80 Å². The Morgan fingerprint density at radius 1 is 0.696 bits per heavy atom. The van der Waals surface area contributed by atoms with Crippen LogP contribution in [0.15, 0.2) is 78.4 Å². The quantitative estimate of drug-likeness (QED) is 0.223. The summed E-state index contributed by atoms with van der Waals surface area (Å²) in [7, 11) is 0. The number of fused-ring (bicyclic) bond motifs is 4. The van der Waals surface area contributed by atoms with Gasteiger partial charge < -0.3 is 5.11 Å². The molecule has 6 atom stereocenters. The van der Waals surface area contributed by atoms with Gasteiger partial charge in [0, 0.05) is 27.6 Å². The lowest BCUT2D eigenvalue weighted by Crippen LogP contribution is -2.43. The zero-order valence-corrected chi connectivity index (χ0v) is 25.7. The molecule has 1 N–H and O–H groups in total. The molecule has 4 aliphatic rings. The molecule has 232 valence electrons. The monoisotopic (exact) mass is 636 g/mol. The first-order valence-electron chi connectivity index (χ1n) is 15.1. The van der Waals surface area contributed by atoms with Gasteiger partial charge in [-0.05, 0) is 99.3 Å². The number of carbonyl (C=O) groups excluding carboxylic acids is 6. The van der Waals surface area contributed by atoms with Gasteiger partial charge in [-0.1, -0.05) is 23.3 Å². The molecule has 2 aliphatic carbocycles. The van der Waals surface area contributed by atoms with E-state index < -0.39 is 53.2 Å². The van der Waals surface area contributed by atoms with Crippen LogP contribution in [0.1, 0.15) is 58.9 Å². The molecule has 10 heteroatoms. The Kier molecular flexibility index (Phi) is 7.05. The van der Waals surface area contributed by atoms with Gasteiger partial charge in [-0.3, -0.25) is 38.6 Å². The van der Waals surface area contributed by atoms with Crippen molar-refractivity contribution >= 4 is 58.2 Å². The fourth-order valence-corrected chi connectivity index (χ4v) is 8.09. The number of nitrogens with zero attached hydrogens (tertiary/aromatic N) is 2. The van der Waals surface area contributed by atoms with E-state index in [4.69, 9.17) is 11.6 Å². The first-order chi connectivity index (χ1) is 22.0. The fraction of sp³-hybridized carbons (Fsp3) is 0.278. The second-order valence-corrected chi connectivity index (χ2v) is 12.9. The van der Waals surface area contributed by atoms with Crippen LogP contribution >= 0.6 is 11.6 Å². The van der Waals surface area contributed by atoms with Crippen molar-refractivity contribution < 1.29 is 33.9 Å². The molecule has 2 heterocycles. The summed E-state index contributed by atoms with van der Waals surface area (Å²) in [5.41, 5.74) is 2.68. The number of imide groups is 2. The average molecular weight is 637 g/mol. The van der Waals surface area contributed by atoms with Gasteiger partial charge in [0.25, 0.3) is 0 Å². The van der Waals surface area contributed by atoms with Crippen molar-refractivity contribution in [3.05, 3.63) is 100 Å². The third-order valence-corrected chi connectivity index (χ3v) is 10.3. The smallest absolute Gasteiger partial charge is 0.238 e. The summed E-state index contributed by atoms with van der Waals surface area (Å²) in [5.74, 6) is -6.52. The van der Waals surface area contributed by atoms with Gasteiger partial charge in [-0.2, -0.15) is 0 Å². The summed E-state index contributed by atoms with van der Waals surface area (Å²) in [5, 5.41) is 11.4. The third-order valence-electron chi connectivity index (χ3n) is 10.0. The van der Waals surface area contributed by atoms with Gasteiger partial charge in [0.1, 0.15) is 5.75 Å². The Hall–Kier alpha value is -4.89. The molecule has 0 aromatic heterocycles. The van der Waals surface area contributed by atoms with Crippen molar-refractivity contribution in [2.75, 3.05) is 9.80 Å². The molecule has 3 aromatic carbocycles. The highest BCUT2D eigenvalue weighted by molar-refractivity contribution is 6.30. The van der Waals surface area contributed by atoms with Gasteiger partial charge in [-0.25, -0.2) is 0 Å². The number of hydrogen-bond donors (Lipinski definition) is 1. The Bertz CT molecular complexity index is 1900. The number of allylic oxidation sites excluding steroid dienone is 2. The highest BCUT2D eigenvalue weighted by atomic mass is 35.5. The predicted octanol–water partition coefficient (Wildman–Crippen LogP) is 5.50. The van der Waals surface area contributed by atoms with E-state index in [2.05, 4.69) is 0 Å². The topological polar surface area (TPSA) is 129 Å². The molecular formula is C36H29ClN2O7. The molecule has 6 unspecified atom stereocenters. The zero-order valence-electron chi connectivity index (χ0n) is 25.0. The number of carbonyl (C=O) groups is 6. The van der Waals surface area contributed by atoms with E-state index in [0.29, 0.717) is 33.1 Å². The van der Waals surface area contributed by atoms with Crippen LogP contribution in [0, 0.1) is 29.6 Å². The summed E-state index contributed by atoms with van der Waals surface area (Å²) in [6, 6.07) is 17.1. The molecule has 0 spiro atoms. The zero-order chi connectivity index (χ0) is 32.6. The van der Waals surface area contributed by atoms with Gasteiger partial charge in [-0.15, -0.1) is 0 Å². The molecule has 3 aromatic rings. The summed E-state index contributed by atoms with van der Waals surface area (Å²) in [6.45, 7) is 2.86. The van der Waals surface area contributed by atoms with Crippen LogP contribution in [0.2, 0.25) is 5.02 Å². The number of phenols is 1. The average Bonchev–Trinajstić information content (AvgIpc) is 3.45. The number of ketones is 2. The minimum atomic E-state index is -0.883. The molecule has 46 heavy (non-hydrogen) atoms. The molecule has 3 fully saturated rings. The molecule has 7 rings (SSSR count). The lowest BCUT2D eigenvalue weighted by Gasteiger charge is -2.44. The van der Waals surface area contributed by atoms with Gasteiger partial charge >= 0.3 is 0 Å². The Morgan fingerprint density at radius 3 is 1.76 bits per heavy atom. The Balaban J connectivity index is 1.31. The maximum atomic E-state index is 14.2. The van der Waals surface area contributed by atoms with Crippen LogP contribution in [-0.2, 0) is 19.2 Å². The maximum absolute atomic E-state index is 14.2. The minimum absolute atomic E-state index is 0.0950. The molecular weight excluding hydrogens is 608 g/mol. The number of halogens is 1. The summed E-state index contributed by atoms with van der Waals surface area (Å²) < 4.78 is 0. The Morgan fingerprint density at radius 2 is 1.22 bits per heavy atom. The Labute approximate surface area is 269 Å². The highest BCUT2D eigenvalue weighted by Gasteiger charge is 2.62. The second kappa shape index (κ2) is 10.9. The van der Waals surface area contributed by atoms with Crippen molar-refractivity contribution in [1.29, 1.82) is 0 Å². The number of amides is 4. The van der Waals surface area contributed by atoms with Crippen LogP contribution in [0.4, 0.5) is 11.4 Å². The molecule has 0 bridgehead atoms. The normalized spacial score (nSPS) is 26.9. The van der Waals surface area contributed by atoms with Crippen molar-refractivity contribution in [1.82, 2.24) is 0 Å². The lowest BCUT2D eigenvalue weighted by molar-refractivity contribution is -0.126. The summed E-state index contributed by atoms with van der Waals surface area (Å²) in [6.07, 6.45) is 2.30. The molecule has 9 nitrogen and oxygen atoms in total. The van der Waals surface area contributed by atoms with Crippen molar-refractivity contribution in [3.63, 3.8) is 0 Å².